The van der Waals surface area contributed by atoms with Crippen molar-refractivity contribution in [3.05, 3.63) is 22.8 Å². The standard InChI is InChI=1S/C16H23ClN2O5/c1-21-7-4-19(5-8-22-2)16(20)12-9-14(17)15(18-10-12)24-13-3-6-23-11-13/h9-10,13H,3-8,11H2,1-2H3. The molecule has 0 aliphatic carbocycles. The first-order valence-electron chi connectivity index (χ1n) is 7.82. The number of carbonyl (C=O) groups is 1. The Balaban J connectivity index is 2.05. The Morgan fingerprint density at radius 1 is 1.38 bits per heavy atom. The van der Waals surface area contributed by atoms with E-state index in [0.29, 0.717) is 56.0 Å². The minimum atomic E-state index is -0.172. The summed E-state index contributed by atoms with van der Waals surface area (Å²) in [6.07, 6.45) is 2.24. The number of aromatic nitrogens is 1. The predicted octanol–water partition coefficient (Wildman–Crippen LogP) is 1.64. The number of pyridine rings is 1. The first kappa shape index (κ1) is 18.9. The van der Waals surface area contributed by atoms with Crippen molar-refractivity contribution in [2.45, 2.75) is 12.5 Å². The van der Waals surface area contributed by atoms with Crippen LogP contribution in [0.25, 0.3) is 0 Å². The van der Waals surface area contributed by atoms with Gasteiger partial charge >= 0.3 is 0 Å². The van der Waals surface area contributed by atoms with Gasteiger partial charge in [0.2, 0.25) is 5.88 Å². The molecule has 1 aromatic heterocycles. The maximum atomic E-state index is 12.6. The zero-order valence-corrected chi connectivity index (χ0v) is 14.8. The SMILES string of the molecule is COCCN(CCOC)C(=O)c1cnc(OC2CCOC2)c(Cl)c1. The molecule has 0 radical (unpaired) electrons. The van der Waals surface area contributed by atoms with Gasteiger partial charge in [-0.2, -0.15) is 0 Å². The molecule has 8 heteroatoms. The summed E-state index contributed by atoms with van der Waals surface area (Å²) in [6, 6.07) is 1.58. The van der Waals surface area contributed by atoms with Crippen LogP contribution in [-0.4, -0.2) is 75.6 Å². The van der Waals surface area contributed by atoms with Gasteiger partial charge in [0.25, 0.3) is 5.91 Å². The highest BCUT2D eigenvalue weighted by molar-refractivity contribution is 6.32. The molecule has 0 bridgehead atoms. The molecule has 1 aliphatic heterocycles. The van der Waals surface area contributed by atoms with E-state index in [4.69, 9.17) is 30.5 Å². The van der Waals surface area contributed by atoms with Gasteiger partial charge in [-0.25, -0.2) is 4.98 Å². The van der Waals surface area contributed by atoms with Crippen LogP contribution in [0.2, 0.25) is 5.02 Å². The van der Waals surface area contributed by atoms with Gasteiger partial charge in [-0.15, -0.1) is 0 Å². The Bertz CT molecular complexity index is 529. The fourth-order valence-electron chi connectivity index (χ4n) is 2.29. The number of amides is 1. The minimum absolute atomic E-state index is 0.0449. The van der Waals surface area contributed by atoms with Crippen molar-refractivity contribution in [3.63, 3.8) is 0 Å². The van der Waals surface area contributed by atoms with E-state index in [1.165, 1.54) is 6.20 Å². The van der Waals surface area contributed by atoms with E-state index in [-0.39, 0.29) is 12.0 Å². The number of carbonyl (C=O) groups excluding carboxylic acids is 1. The topological polar surface area (TPSA) is 70.1 Å². The summed E-state index contributed by atoms with van der Waals surface area (Å²) in [5.41, 5.74) is 0.405. The van der Waals surface area contributed by atoms with Gasteiger partial charge in [0.05, 0.1) is 32.0 Å². The van der Waals surface area contributed by atoms with E-state index in [9.17, 15) is 4.79 Å². The highest BCUT2D eigenvalue weighted by Gasteiger charge is 2.21. The maximum absolute atomic E-state index is 12.6. The van der Waals surface area contributed by atoms with Crippen LogP contribution in [0.4, 0.5) is 0 Å². The number of hydrogen-bond acceptors (Lipinski definition) is 6. The lowest BCUT2D eigenvalue weighted by molar-refractivity contribution is 0.0626. The minimum Gasteiger partial charge on any atom is -0.471 e. The molecule has 0 saturated carbocycles. The first-order chi connectivity index (χ1) is 11.7. The zero-order chi connectivity index (χ0) is 17.4. The number of rotatable bonds is 9. The molecule has 1 aromatic rings. The Hall–Kier alpha value is -1.41. The van der Waals surface area contributed by atoms with Crippen LogP contribution in [0.3, 0.4) is 0 Å². The Labute approximate surface area is 146 Å². The van der Waals surface area contributed by atoms with Crippen LogP contribution in [-0.2, 0) is 14.2 Å². The summed E-state index contributed by atoms with van der Waals surface area (Å²) in [7, 11) is 3.19. The highest BCUT2D eigenvalue weighted by Crippen LogP contribution is 2.25. The molecule has 1 atom stereocenters. The fraction of sp³-hybridized carbons (Fsp3) is 0.625. The van der Waals surface area contributed by atoms with Crippen LogP contribution < -0.4 is 4.74 Å². The maximum Gasteiger partial charge on any atom is 0.255 e. The number of hydrogen-bond donors (Lipinski definition) is 0. The third-order valence-electron chi connectivity index (χ3n) is 3.64. The molecule has 0 N–H and O–H groups in total. The Morgan fingerprint density at radius 3 is 2.62 bits per heavy atom. The second kappa shape index (κ2) is 9.78. The van der Waals surface area contributed by atoms with Gasteiger partial charge in [-0.05, 0) is 6.07 Å². The lowest BCUT2D eigenvalue weighted by atomic mass is 10.2. The Kier molecular flexibility index (Phi) is 7.71. The molecule has 2 heterocycles. The fourth-order valence-corrected chi connectivity index (χ4v) is 2.50. The zero-order valence-electron chi connectivity index (χ0n) is 14.0. The second-order valence-electron chi connectivity index (χ2n) is 5.39. The lowest BCUT2D eigenvalue weighted by Gasteiger charge is -2.22. The summed E-state index contributed by atoms with van der Waals surface area (Å²) >= 11 is 6.22. The van der Waals surface area contributed by atoms with E-state index in [1.807, 2.05) is 0 Å². The van der Waals surface area contributed by atoms with Crippen LogP contribution in [0.15, 0.2) is 12.3 Å². The molecule has 1 saturated heterocycles. The molecular formula is C16H23ClN2O5. The number of methoxy groups -OCH3 is 2. The average molecular weight is 359 g/mol. The van der Waals surface area contributed by atoms with Gasteiger partial charge in [0.1, 0.15) is 11.1 Å². The molecule has 2 rings (SSSR count). The average Bonchev–Trinajstić information content (AvgIpc) is 3.09. The molecule has 0 spiro atoms. The third kappa shape index (κ3) is 5.31. The summed E-state index contributed by atoms with van der Waals surface area (Å²) in [5, 5.41) is 0.311. The number of nitrogens with zero attached hydrogens (tertiary/aromatic N) is 2. The predicted molar refractivity (Wildman–Crippen MR) is 88.8 cm³/mol. The van der Waals surface area contributed by atoms with E-state index >= 15 is 0 Å². The van der Waals surface area contributed by atoms with Crippen molar-refractivity contribution in [1.82, 2.24) is 9.88 Å². The molecule has 24 heavy (non-hydrogen) atoms. The van der Waals surface area contributed by atoms with Crippen LogP contribution in [0, 0.1) is 0 Å². The second-order valence-corrected chi connectivity index (χ2v) is 5.80. The molecule has 1 amide bonds. The van der Waals surface area contributed by atoms with E-state index in [2.05, 4.69) is 4.98 Å². The molecule has 7 nitrogen and oxygen atoms in total. The summed E-state index contributed by atoms with van der Waals surface area (Å²) in [5.74, 6) is 0.151. The summed E-state index contributed by atoms with van der Waals surface area (Å²) < 4.78 is 21.0. The van der Waals surface area contributed by atoms with Crippen LogP contribution >= 0.6 is 11.6 Å². The van der Waals surface area contributed by atoms with Crippen molar-refractivity contribution < 1.29 is 23.7 Å². The van der Waals surface area contributed by atoms with Crippen molar-refractivity contribution in [3.8, 4) is 5.88 Å². The smallest absolute Gasteiger partial charge is 0.255 e. The quantitative estimate of drug-likeness (QED) is 0.668. The summed E-state index contributed by atoms with van der Waals surface area (Å²) in [6.45, 7) is 3.02. The van der Waals surface area contributed by atoms with Gasteiger partial charge in [0.15, 0.2) is 0 Å². The van der Waals surface area contributed by atoms with Crippen molar-refractivity contribution in [2.75, 3.05) is 53.7 Å². The van der Waals surface area contributed by atoms with Gasteiger partial charge < -0.3 is 23.8 Å². The van der Waals surface area contributed by atoms with Crippen molar-refractivity contribution in [2.24, 2.45) is 0 Å². The molecule has 134 valence electrons. The number of ether oxygens (including phenoxy) is 4. The van der Waals surface area contributed by atoms with E-state index in [1.54, 1.807) is 25.2 Å². The van der Waals surface area contributed by atoms with Crippen LogP contribution in [0.1, 0.15) is 16.8 Å². The lowest BCUT2D eigenvalue weighted by Crippen LogP contribution is -2.36. The van der Waals surface area contributed by atoms with E-state index < -0.39 is 0 Å². The normalized spacial score (nSPS) is 17.0. The largest absolute Gasteiger partial charge is 0.471 e. The Morgan fingerprint density at radius 2 is 2.08 bits per heavy atom. The van der Waals surface area contributed by atoms with Gasteiger partial charge in [0, 0.05) is 39.9 Å². The highest BCUT2D eigenvalue weighted by atomic mass is 35.5. The number of halogens is 1. The van der Waals surface area contributed by atoms with Gasteiger partial charge in [-0.3, -0.25) is 4.79 Å². The molecule has 0 aromatic carbocycles. The monoisotopic (exact) mass is 358 g/mol. The molecular weight excluding hydrogens is 336 g/mol. The van der Waals surface area contributed by atoms with Crippen LogP contribution in [0.5, 0.6) is 5.88 Å². The molecule has 1 fully saturated rings. The van der Waals surface area contributed by atoms with Crippen molar-refractivity contribution in [1.29, 1.82) is 0 Å². The third-order valence-corrected chi connectivity index (χ3v) is 3.91. The van der Waals surface area contributed by atoms with E-state index in [0.717, 1.165) is 6.42 Å². The molecule has 1 aliphatic rings. The summed E-state index contributed by atoms with van der Waals surface area (Å²) in [4.78, 5) is 18.5. The van der Waals surface area contributed by atoms with Crippen molar-refractivity contribution >= 4 is 17.5 Å². The van der Waals surface area contributed by atoms with Gasteiger partial charge in [-0.1, -0.05) is 11.6 Å². The molecule has 1 unspecified atom stereocenters. The first-order valence-corrected chi connectivity index (χ1v) is 8.20.